The molecule has 0 aliphatic rings. The van der Waals surface area contributed by atoms with Crippen LogP contribution in [-0.2, 0) is 127 Å². The van der Waals surface area contributed by atoms with Gasteiger partial charge >= 0.3 is 99.6 Å². The fourth-order valence-corrected chi connectivity index (χ4v) is 0. The smallest absolute Gasteiger partial charge is 2.00 e. The summed E-state index contributed by atoms with van der Waals surface area (Å²) in [5.74, 6) is 0. The summed E-state index contributed by atoms with van der Waals surface area (Å²) in [6.07, 6.45) is 0. The summed E-state index contributed by atoms with van der Waals surface area (Å²) in [4.78, 5) is 0. The van der Waals surface area contributed by atoms with E-state index in [2.05, 4.69) is 0 Å². The van der Waals surface area contributed by atoms with Gasteiger partial charge in [0, 0.05) is 16.8 Å². The molecule has 5 nitrogen and oxygen atoms in total. The molecule has 0 fully saturated rings. The van der Waals surface area contributed by atoms with Crippen LogP contribution in [0.25, 0.3) is 0 Å². The van der Waals surface area contributed by atoms with Crippen LogP contribution in [0.15, 0.2) is 0 Å². The van der Waals surface area contributed by atoms with Crippen LogP contribution in [0.4, 0.5) is 0 Å². The van der Waals surface area contributed by atoms with Crippen molar-refractivity contribution < 1.29 is 127 Å². The van der Waals surface area contributed by atoms with Crippen LogP contribution in [0.2, 0.25) is 0 Å². The first-order valence-electron chi connectivity index (χ1n) is 0. The predicted molar refractivity (Wildman–Crippen MR) is 14.9 cm³/mol. The van der Waals surface area contributed by atoms with E-state index in [1.54, 1.807) is 0 Å². The third kappa shape index (κ3) is 163. The van der Waals surface area contributed by atoms with Gasteiger partial charge in [-0.25, -0.2) is 0 Å². The Kier molecular flexibility index (Phi) is 4290. The number of rotatable bonds is 0. The summed E-state index contributed by atoms with van der Waals surface area (Å²) >= 11 is 0. The number of hydrogen-bond acceptors (Lipinski definition) is 0. The van der Waals surface area contributed by atoms with Gasteiger partial charge in [0.25, 0.3) is 0 Å². The van der Waals surface area contributed by atoms with Crippen molar-refractivity contribution in [1.82, 2.24) is 0 Å². The monoisotopic (exact) mass is 406 g/mol. The summed E-state index contributed by atoms with van der Waals surface area (Å²) in [6.45, 7) is 0. The minimum absolute atomic E-state index is 0. The van der Waals surface area contributed by atoms with Crippen molar-refractivity contribution in [3.05, 3.63) is 0 Å². The molecule has 0 unspecified atom stereocenters. The van der Waals surface area contributed by atoms with Crippen molar-refractivity contribution in [2.24, 2.45) is 0 Å². The number of hydrogen-bond donors (Lipinski definition) is 0. The van der Waals surface area contributed by atoms with Gasteiger partial charge in [-0.15, -0.1) is 0 Å². The molecule has 0 aliphatic carbocycles. The van der Waals surface area contributed by atoms with Gasteiger partial charge in [0.1, 0.15) is 0 Å². The van der Waals surface area contributed by atoms with Gasteiger partial charge < -0.3 is 27.4 Å². The van der Waals surface area contributed by atoms with Crippen molar-refractivity contribution in [3.63, 3.8) is 0 Å². The molecular formula is B2Cu2O5Y2. The van der Waals surface area contributed by atoms with E-state index in [0.717, 1.165) is 0 Å². The molecule has 0 aliphatic heterocycles. The zero-order valence-electron chi connectivity index (χ0n) is 4.95. The molecule has 0 saturated carbocycles. The molecule has 0 spiro atoms. The van der Waals surface area contributed by atoms with Crippen LogP contribution in [0, 0.1) is 0 Å². The average Bonchev–Trinajstić information content (AvgIpc) is 0. The molecule has 0 aromatic carbocycles. The van der Waals surface area contributed by atoms with Gasteiger partial charge in [-0.1, -0.05) is 0 Å². The van der Waals surface area contributed by atoms with Crippen LogP contribution in [-0.4, -0.2) is 16.8 Å². The topological polar surface area (TPSA) is 142 Å². The minimum Gasteiger partial charge on any atom is -2.00 e. The molecular weight excluding hydrogens is 407 g/mol. The summed E-state index contributed by atoms with van der Waals surface area (Å²) in [5.41, 5.74) is 0. The standard InChI is InChI=1S/2B.2Cu.5O.2Y/q;;2*+2;5*-2;2*+3. The van der Waals surface area contributed by atoms with E-state index >= 15 is 0 Å². The van der Waals surface area contributed by atoms with Crippen LogP contribution in [0.5, 0.6) is 0 Å². The molecule has 0 rings (SSSR count). The molecule has 0 aromatic heterocycles. The summed E-state index contributed by atoms with van der Waals surface area (Å²) in [5, 5.41) is 0. The van der Waals surface area contributed by atoms with E-state index in [4.69, 9.17) is 0 Å². The second kappa shape index (κ2) is 194. The maximum absolute atomic E-state index is 0. The molecule has 0 saturated heterocycles. The second-order valence-corrected chi connectivity index (χ2v) is 0. The van der Waals surface area contributed by atoms with Gasteiger partial charge in [0.05, 0.1) is 0 Å². The molecule has 8 radical (unpaired) electrons. The Morgan fingerprint density at radius 1 is 0.364 bits per heavy atom. The van der Waals surface area contributed by atoms with Crippen LogP contribution < -0.4 is 0 Å². The predicted octanol–water partition coefficient (Wildman–Crippen LogP) is -1.37. The SMILES string of the molecule is [B].[B].[Cu+2].[Cu+2].[O-2].[O-2].[O-2].[O-2].[O-2].[Y+3].[Y+3]. The molecule has 64 valence electrons. The van der Waals surface area contributed by atoms with E-state index in [0.29, 0.717) is 0 Å². The fourth-order valence-electron chi connectivity index (χ4n) is 0. The van der Waals surface area contributed by atoms with Crippen LogP contribution >= 0.6 is 0 Å². The maximum atomic E-state index is 0. The molecule has 0 amide bonds. The largest absolute Gasteiger partial charge is 3.00 e. The first kappa shape index (κ1) is 244. The average molecular weight is 407 g/mol. The maximum Gasteiger partial charge on any atom is 3.00 e. The van der Waals surface area contributed by atoms with E-state index < -0.39 is 0 Å². The van der Waals surface area contributed by atoms with Crippen molar-refractivity contribution in [2.75, 3.05) is 0 Å². The van der Waals surface area contributed by atoms with Gasteiger partial charge in [-0.3, -0.25) is 0 Å². The Labute approximate surface area is 141 Å². The quantitative estimate of drug-likeness (QED) is 0.438. The van der Waals surface area contributed by atoms with E-state index in [-0.39, 0.29) is 144 Å². The Balaban J connectivity index is 0. The third-order valence-corrected chi connectivity index (χ3v) is 0. The molecule has 0 N–H and O–H groups in total. The van der Waals surface area contributed by atoms with Crippen molar-refractivity contribution in [2.45, 2.75) is 0 Å². The second-order valence-electron chi connectivity index (χ2n) is 0. The van der Waals surface area contributed by atoms with Crippen molar-refractivity contribution >= 4 is 16.8 Å². The summed E-state index contributed by atoms with van der Waals surface area (Å²) in [6, 6.07) is 0. The molecule has 0 heterocycles. The Morgan fingerprint density at radius 2 is 0.364 bits per heavy atom. The summed E-state index contributed by atoms with van der Waals surface area (Å²) < 4.78 is 0. The zero-order valence-corrected chi connectivity index (χ0v) is 12.5. The first-order chi connectivity index (χ1) is 0. The van der Waals surface area contributed by atoms with Gasteiger partial charge in [-0.05, 0) is 0 Å². The molecule has 0 atom stereocenters. The van der Waals surface area contributed by atoms with Crippen LogP contribution in [0.3, 0.4) is 0 Å². The molecule has 11 heteroatoms. The Hall–Kier alpha value is 3.18. The molecule has 0 bridgehead atoms. The van der Waals surface area contributed by atoms with Crippen LogP contribution in [0.1, 0.15) is 0 Å². The first-order valence-corrected chi connectivity index (χ1v) is 0. The molecule has 11 heavy (non-hydrogen) atoms. The van der Waals surface area contributed by atoms with Gasteiger partial charge in [-0.2, -0.15) is 0 Å². The van der Waals surface area contributed by atoms with E-state index in [9.17, 15) is 0 Å². The van der Waals surface area contributed by atoms with Crippen molar-refractivity contribution in [1.29, 1.82) is 0 Å². The zero-order chi connectivity index (χ0) is 0. The van der Waals surface area contributed by atoms with Gasteiger partial charge in [0.2, 0.25) is 0 Å². The summed E-state index contributed by atoms with van der Waals surface area (Å²) in [7, 11) is 0. The van der Waals surface area contributed by atoms with Gasteiger partial charge in [0.15, 0.2) is 0 Å². The molecule has 0 aromatic rings. The Morgan fingerprint density at radius 3 is 0.364 bits per heavy atom. The van der Waals surface area contributed by atoms with E-state index in [1.165, 1.54) is 0 Å². The Bertz CT molecular complexity index is 20.4. The third-order valence-electron chi connectivity index (χ3n) is 0. The normalized spacial score (nSPS) is 0. The fraction of sp³-hybridized carbons (Fsp3) is 0. The van der Waals surface area contributed by atoms with Crippen molar-refractivity contribution in [3.8, 4) is 0 Å². The minimum atomic E-state index is 0. The van der Waals surface area contributed by atoms with E-state index in [1.807, 2.05) is 0 Å².